The fourth-order valence-corrected chi connectivity index (χ4v) is 7.27. The summed E-state index contributed by atoms with van der Waals surface area (Å²) in [5.41, 5.74) is -0.534. The van der Waals surface area contributed by atoms with Gasteiger partial charge in [-0.3, -0.25) is 9.59 Å². The zero-order valence-corrected chi connectivity index (χ0v) is 16.4. The van der Waals surface area contributed by atoms with Crippen molar-refractivity contribution in [3.8, 4) is 0 Å². The molecule has 0 unspecified atom stereocenters. The summed E-state index contributed by atoms with van der Waals surface area (Å²) < 4.78 is 0. The van der Waals surface area contributed by atoms with Crippen molar-refractivity contribution >= 4 is 11.6 Å². The third-order valence-electron chi connectivity index (χ3n) is 8.79. The Bertz CT molecular complexity index is 767. The van der Waals surface area contributed by atoms with Crippen molar-refractivity contribution in [2.75, 3.05) is 6.61 Å². The molecule has 7 atom stereocenters. The summed E-state index contributed by atoms with van der Waals surface area (Å²) >= 11 is 0. The zero-order chi connectivity index (χ0) is 19.8. The smallest absolute Gasteiger partial charge is 0.190 e. The van der Waals surface area contributed by atoms with Gasteiger partial charge < -0.3 is 15.3 Å². The van der Waals surface area contributed by atoms with E-state index in [4.69, 9.17) is 0 Å². The summed E-state index contributed by atoms with van der Waals surface area (Å²) in [6.07, 6.45) is 5.83. The molecule has 0 heterocycles. The Morgan fingerprint density at radius 3 is 2.63 bits per heavy atom. The Balaban J connectivity index is 1.77. The Hall–Kier alpha value is -1.30. The van der Waals surface area contributed by atoms with E-state index < -0.39 is 29.5 Å². The van der Waals surface area contributed by atoms with Crippen LogP contribution in [-0.4, -0.2) is 45.2 Å². The fourth-order valence-electron chi connectivity index (χ4n) is 7.27. The molecule has 0 aromatic rings. The third kappa shape index (κ3) is 2.22. The van der Waals surface area contributed by atoms with Crippen LogP contribution in [0, 0.1) is 28.6 Å². The summed E-state index contributed by atoms with van der Waals surface area (Å²) in [5.74, 6) is -0.225. The largest absolute Gasteiger partial charge is 0.393 e. The predicted molar refractivity (Wildman–Crippen MR) is 99.7 cm³/mol. The van der Waals surface area contributed by atoms with Gasteiger partial charge in [0.1, 0.15) is 12.2 Å². The minimum absolute atomic E-state index is 0.0218. The van der Waals surface area contributed by atoms with Gasteiger partial charge in [-0.15, -0.1) is 0 Å². The van der Waals surface area contributed by atoms with E-state index in [2.05, 4.69) is 6.92 Å². The van der Waals surface area contributed by atoms with Gasteiger partial charge in [0.25, 0.3) is 0 Å². The maximum Gasteiger partial charge on any atom is 0.190 e. The molecule has 0 saturated heterocycles. The second-order valence-electron chi connectivity index (χ2n) is 9.61. The lowest BCUT2D eigenvalue weighted by Crippen LogP contribution is -2.62. The molecule has 0 aromatic heterocycles. The molecule has 5 heteroatoms. The molecule has 0 radical (unpaired) electrons. The number of aliphatic hydroxyl groups is 3. The van der Waals surface area contributed by atoms with Crippen LogP contribution in [0.1, 0.15) is 52.9 Å². The second kappa shape index (κ2) is 5.85. The van der Waals surface area contributed by atoms with E-state index in [9.17, 15) is 24.9 Å². The molecule has 5 nitrogen and oxygen atoms in total. The molecule has 0 spiro atoms. The van der Waals surface area contributed by atoms with Crippen LogP contribution in [0.2, 0.25) is 0 Å². The van der Waals surface area contributed by atoms with Gasteiger partial charge in [-0.2, -0.15) is 0 Å². The van der Waals surface area contributed by atoms with Crippen LogP contribution in [0.5, 0.6) is 0 Å². The van der Waals surface area contributed by atoms with Gasteiger partial charge >= 0.3 is 0 Å². The summed E-state index contributed by atoms with van der Waals surface area (Å²) in [6, 6.07) is 0. The predicted octanol–water partition coefficient (Wildman–Crippen LogP) is 1.95. The number of fused-ring (bicyclic) bond motifs is 5. The molecule has 4 aliphatic carbocycles. The summed E-state index contributed by atoms with van der Waals surface area (Å²) in [5, 5.41) is 31.9. The maximum atomic E-state index is 12.4. The number of carbonyl (C=O) groups excluding carboxylic acids is 2. The van der Waals surface area contributed by atoms with E-state index in [0.717, 1.165) is 30.4 Å². The van der Waals surface area contributed by atoms with Crippen molar-refractivity contribution in [2.45, 2.75) is 64.6 Å². The van der Waals surface area contributed by atoms with Gasteiger partial charge in [0.05, 0.1) is 6.10 Å². The highest BCUT2D eigenvalue weighted by Gasteiger charge is 2.68. The first-order valence-corrected chi connectivity index (χ1v) is 10.1. The number of hydrogen-bond acceptors (Lipinski definition) is 5. The zero-order valence-electron chi connectivity index (χ0n) is 16.4. The first-order valence-electron chi connectivity index (χ1n) is 10.1. The third-order valence-corrected chi connectivity index (χ3v) is 8.79. The molecule has 0 bridgehead atoms. The summed E-state index contributed by atoms with van der Waals surface area (Å²) in [6.45, 7) is 5.37. The Labute approximate surface area is 160 Å². The van der Waals surface area contributed by atoms with E-state index in [-0.39, 0.29) is 29.0 Å². The van der Waals surface area contributed by atoms with Crippen molar-refractivity contribution in [2.24, 2.45) is 28.6 Å². The molecule has 3 N–H and O–H groups in total. The SMILES string of the molecule is CC1=CC(=O)C=C2CC[C@H]3[C@@H]([C@H](O)C[C@@]4(C)[C@H]3CC[C@]4(O)C(=O)CO)[C@@]12C. The molecule has 27 heavy (non-hydrogen) atoms. The molecular formula is C22H30O5. The second-order valence-corrected chi connectivity index (χ2v) is 9.61. The highest BCUT2D eigenvalue weighted by atomic mass is 16.3. The minimum Gasteiger partial charge on any atom is -0.393 e. The Kier molecular flexibility index (Phi) is 4.12. The monoisotopic (exact) mass is 374 g/mol. The first kappa shape index (κ1) is 19.0. The Morgan fingerprint density at radius 2 is 1.96 bits per heavy atom. The standard InChI is InChI=1S/C22H30O5/c1-12-8-14(24)9-13-4-5-15-16-6-7-22(27,18(26)11-23)20(16,2)10-17(25)19(15)21(12,13)3/h8-9,15-17,19,23,25,27H,4-7,10-11H2,1-3H3/t15-,16+,17-,19+,20+,21+,22+/m1/s1. The summed E-state index contributed by atoms with van der Waals surface area (Å²) in [4.78, 5) is 24.4. The minimum atomic E-state index is -1.57. The van der Waals surface area contributed by atoms with E-state index in [1.165, 1.54) is 0 Å². The van der Waals surface area contributed by atoms with Crippen LogP contribution in [0.25, 0.3) is 0 Å². The van der Waals surface area contributed by atoms with Crippen molar-refractivity contribution in [1.82, 2.24) is 0 Å². The van der Waals surface area contributed by atoms with E-state index in [1.54, 1.807) is 12.2 Å². The molecule has 4 aliphatic rings. The summed E-state index contributed by atoms with van der Waals surface area (Å²) in [7, 11) is 0. The van der Waals surface area contributed by atoms with E-state index in [1.807, 2.05) is 13.8 Å². The molecule has 0 aromatic carbocycles. The average molecular weight is 374 g/mol. The molecule has 148 valence electrons. The van der Waals surface area contributed by atoms with Gasteiger partial charge in [-0.1, -0.05) is 25.0 Å². The van der Waals surface area contributed by atoms with E-state index >= 15 is 0 Å². The fraction of sp³-hybridized carbons (Fsp3) is 0.727. The number of rotatable bonds is 2. The van der Waals surface area contributed by atoms with Gasteiger partial charge in [-0.25, -0.2) is 0 Å². The van der Waals surface area contributed by atoms with Gasteiger partial charge in [-0.05, 0) is 63.0 Å². The first-order chi connectivity index (χ1) is 12.6. The normalized spacial score (nSPS) is 48.9. The van der Waals surface area contributed by atoms with Crippen LogP contribution in [0.3, 0.4) is 0 Å². The van der Waals surface area contributed by atoms with Gasteiger partial charge in [0.15, 0.2) is 11.6 Å². The van der Waals surface area contributed by atoms with Crippen molar-refractivity contribution < 1.29 is 24.9 Å². The van der Waals surface area contributed by atoms with Crippen molar-refractivity contribution in [1.29, 1.82) is 0 Å². The lowest BCUT2D eigenvalue weighted by Gasteiger charge is -2.60. The number of Topliss-reactive ketones (excluding diaryl/α,β-unsaturated/α-hetero) is 1. The number of ketones is 2. The van der Waals surface area contributed by atoms with E-state index in [0.29, 0.717) is 12.8 Å². The highest BCUT2D eigenvalue weighted by Crippen LogP contribution is 2.67. The molecule has 4 rings (SSSR count). The van der Waals surface area contributed by atoms with Crippen LogP contribution in [0.15, 0.2) is 23.3 Å². The van der Waals surface area contributed by atoms with Crippen LogP contribution in [-0.2, 0) is 9.59 Å². The molecular weight excluding hydrogens is 344 g/mol. The molecule has 0 amide bonds. The molecule has 3 saturated carbocycles. The number of allylic oxidation sites excluding steroid dienone is 4. The number of hydrogen-bond donors (Lipinski definition) is 3. The topological polar surface area (TPSA) is 94.8 Å². The lowest BCUT2D eigenvalue weighted by molar-refractivity contribution is -0.179. The van der Waals surface area contributed by atoms with Crippen LogP contribution >= 0.6 is 0 Å². The van der Waals surface area contributed by atoms with Crippen LogP contribution in [0.4, 0.5) is 0 Å². The maximum absolute atomic E-state index is 12.4. The molecule has 3 fully saturated rings. The highest BCUT2D eigenvalue weighted by molar-refractivity contribution is 6.02. The van der Waals surface area contributed by atoms with Crippen molar-refractivity contribution in [3.05, 3.63) is 23.3 Å². The lowest BCUT2D eigenvalue weighted by atomic mass is 9.45. The quantitative estimate of drug-likeness (QED) is 0.687. The number of carbonyl (C=O) groups is 2. The van der Waals surface area contributed by atoms with Gasteiger partial charge in [0, 0.05) is 16.7 Å². The Morgan fingerprint density at radius 1 is 1.26 bits per heavy atom. The van der Waals surface area contributed by atoms with Gasteiger partial charge in [0.2, 0.25) is 0 Å². The van der Waals surface area contributed by atoms with Crippen LogP contribution < -0.4 is 0 Å². The number of aliphatic hydroxyl groups excluding tert-OH is 2. The average Bonchev–Trinajstić information content (AvgIpc) is 2.87. The molecule has 0 aliphatic heterocycles. The van der Waals surface area contributed by atoms with Crippen molar-refractivity contribution in [3.63, 3.8) is 0 Å².